The monoisotopic (exact) mass is 308 g/mol. The van der Waals surface area contributed by atoms with Crippen molar-refractivity contribution in [2.75, 3.05) is 6.54 Å². The zero-order chi connectivity index (χ0) is 14.8. The molecular weight excluding hydrogens is 296 g/mol. The van der Waals surface area contributed by atoms with Crippen LogP contribution in [0.15, 0.2) is 22.6 Å². The topological polar surface area (TPSA) is 94.1 Å². The molecule has 0 aliphatic heterocycles. The lowest BCUT2D eigenvalue weighted by molar-refractivity contribution is -0.384. The third-order valence-corrected chi connectivity index (χ3v) is 3.53. The van der Waals surface area contributed by atoms with Gasteiger partial charge in [-0.05, 0) is 18.9 Å². The molecule has 0 atom stereocenters. The zero-order valence-corrected chi connectivity index (χ0v) is 11.8. The van der Waals surface area contributed by atoms with E-state index in [0.29, 0.717) is 18.4 Å². The Morgan fingerprint density at radius 3 is 2.95 bits per heavy atom. The maximum atomic E-state index is 11.1. The van der Waals surface area contributed by atoms with Gasteiger partial charge in [-0.3, -0.25) is 10.1 Å². The minimum atomic E-state index is -0.514. The molecule has 8 heteroatoms. The lowest BCUT2D eigenvalue weighted by Crippen LogP contribution is -2.19. The summed E-state index contributed by atoms with van der Waals surface area (Å²) >= 11 is 6.03. The van der Waals surface area contributed by atoms with Crippen molar-refractivity contribution in [3.8, 4) is 11.5 Å². The Bertz CT molecular complexity index is 669. The van der Waals surface area contributed by atoms with Gasteiger partial charge in [-0.15, -0.1) is 10.2 Å². The first-order chi connectivity index (χ1) is 10.1. The Kier molecular flexibility index (Phi) is 3.85. The summed E-state index contributed by atoms with van der Waals surface area (Å²) in [6.07, 6.45) is 3.00. The van der Waals surface area contributed by atoms with Crippen LogP contribution >= 0.6 is 11.6 Å². The summed E-state index contributed by atoms with van der Waals surface area (Å²) in [6.45, 7) is 0.747. The van der Waals surface area contributed by atoms with E-state index in [4.69, 9.17) is 16.0 Å². The molecule has 1 aliphatic rings. The van der Waals surface area contributed by atoms with Gasteiger partial charge in [0.25, 0.3) is 11.6 Å². The minimum Gasteiger partial charge on any atom is -0.420 e. The number of hydrogen-bond donors (Lipinski definition) is 1. The Hall–Kier alpha value is -1.99. The number of nitrogens with one attached hydrogen (secondary N) is 1. The van der Waals surface area contributed by atoms with E-state index < -0.39 is 4.92 Å². The number of hydrogen-bond acceptors (Lipinski definition) is 6. The highest BCUT2D eigenvalue weighted by atomic mass is 35.5. The van der Waals surface area contributed by atoms with E-state index in [1.165, 1.54) is 25.0 Å². The summed E-state index contributed by atoms with van der Waals surface area (Å²) in [5, 5.41) is 22.4. The molecule has 1 N–H and O–H groups in total. The van der Waals surface area contributed by atoms with E-state index in [2.05, 4.69) is 15.5 Å². The second-order valence-electron chi connectivity index (χ2n) is 4.87. The lowest BCUT2D eigenvalue weighted by atomic mass is 10.2. The first-order valence-corrected chi connectivity index (χ1v) is 7.02. The maximum absolute atomic E-state index is 11.1. The van der Waals surface area contributed by atoms with Gasteiger partial charge in [-0.25, -0.2) is 0 Å². The number of benzene rings is 1. The Morgan fingerprint density at radius 2 is 2.24 bits per heavy atom. The summed E-state index contributed by atoms with van der Waals surface area (Å²) in [5.41, 5.74) is 0.0203. The predicted octanol–water partition coefficient (Wildman–Crippen LogP) is 2.59. The van der Waals surface area contributed by atoms with Crippen molar-refractivity contribution in [3.05, 3.63) is 39.2 Å². The van der Waals surface area contributed by atoms with Gasteiger partial charge in [0, 0.05) is 25.1 Å². The van der Waals surface area contributed by atoms with Gasteiger partial charge in [-0.2, -0.15) is 0 Å². The molecule has 1 aliphatic carbocycles. The zero-order valence-electron chi connectivity index (χ0n) is 11.1. The van der Waals surface area contributed by atoms with E-state index in [0.717, 1.165) is 6.54 Å². The predicted molar refractivity (Wildman–Crippen MR) is 76.1 cm³/mol. The third kappa shape index (κ3) is 3.20. The number of nitrogens with zero attached hydrogens (tertiary/aromatic N) is 3. The largest absolute Gasteiger partial charge is 0.420 e. The molecule has 110 valence electrons. The van der Waals surface area contributed by atoms with Crippen LogP contribution in [0.2, 0.25) is 5.02 Å². The molecule has 1 saturated carbocycles. The minimum absolute atomic E-state index is 0.0775. The molecular formula is C13H13ClN4O3. The van der Waals surface area contributed by atoms with E-state index in [1.54, 1.807) is 6.07 Å². The van der Waals surface area contributed by atoms with Gasteiger partial charge in [-0.1, -0.05) is 17.7 Å². The molecule has 7 nitrogen and oxygen atoms in total. The van der Waals surface area contributed by atoms with Crippen LogP contribution in [0.25, 0.3) is 11.5 Å². The molecule has 0 spiro atoms. The molecule has 0 unspecified atom stereocenters. The number of halogens is 1. The maximum Gasteiger partial charge on any atom is 0.283 e. The van der Waals surface area contributed by atoms with Crippen molar-refractivity contribution in [1.82, 2.24) is 15.5 Å². The molecule has 0 amide bonds. The van der Waals surface area contributed by atoms with Gasteiger partial charge >= 0.3 is 0 Å². The smallest absolute Gasteiger partial charge is 0.283 e. The van der Waals surface area contributed by atoms with Gasteiger partial charge in [0.05, 0.1) is 9.95 Å². The number of rotatable bonds is 6. The Morgan fingerprint density at radius 1 is 1.43 bits per heavy atom. The van der Waals surface area contributed by atoms with Crippen molar-refractivity contribution < 1.29 is 9.34 Å². The highest BCUT2D eigenvalue weighted by molar-refractivity contribution is 6.33. The molecule has 3 rings (SSSR count). The first-order valence-electron chi connectivity index (χ1n) is 6.64. The summed E-state index contributed by atoms with van der Waals surface area (Å²) in [4.78, 5) is 10.5. The van der Waals surface area contributed by atoms with Crippen LogP contribution in [0, 0.1) is 10.1 Å². The van der Waals surface area contributed by atoms with Gasteiger partial charge in [0.2, 0.25) is 5.89 Å². The lowest BCUT2D eigenvalue weighted by Gasteiger charge is -2.00. The molecule has 1 heterocycles. The Labute approximate surface area is 125 Å². The summed E-state index contributed by atoms with van der Waals surface area (Å²) < 4.78 is 5.49. The number of nitro groups is 1. The molecule has 2 aromatic rings. The SMILES string of the molecule is O=[N+]([O-])c1cccc(Cl)c1-c1nnc(CCNC2CC2)o1. The van der Waals surface area contributed by atoms with Crippen molar-refractivity contribution in [2.24, 2.45) is 0 Å². The quantitative estimate of drug-likeness (QED) is 0.651. The highest BCUT2D eigenvalue weighted by Gasteiger charge is 2.24. The van der Waals surface area contributed by atoms with Crippen LogP contribution in [-0.4, -0.2) is 27.7 Å². The number of nitro benzene ring substituents is 1. The Balaban J connectivity index is 1.80. The number of aromatic nitrogens is 2. The van der Waals surface area contributed by atoms with Crippen LogP contribution in [0.3, 0.4) is 0 Å². The average Bonchev–Trinajstić information content (AvgIpc) is 3.16. The first kappa shape index (κ1) is 14.0. The normalized spacial score (nSPS) is 14.3. The molecule has 21 heavy (non-hydrogen) atoms. The second kappa shape index (κ2) is 5.79. The van der Waals surface area contributed by atoms with E-state index >= 15 is 0 Å². The van der Waals surface area contributed by atoms with E-state index in [1.807, 2.05) is 0 Å². The van der Waals surface area contributed by atoms with E-state index in [-0.39, 0.29) is 22.2 Å². The van der Waals surface area contributed by atoms with Crippen molar-refractivity contribution in [1.29, 1.82) is 0 Å². The van der Waals surface area contributed by atoms with Crippen LogP contribution in [0.5, 0.6) is 0 Å². The van der Waals surface area contributed by atoms with E-state index in [9.17, 15) is 10.1 Å². The van der Waals surface area contributed by atoms with Crippen molar-refractivity contribution in [2.45, 2.75) is 25.3 Å². The van der Waals surface area contributed by atoms with Crippen molar-refractivity contribution >= 4 is 17.3 Å². The molecule has 1 fully saturated rings. The second-order valence-corrected chi connectivity index (χ2v) is 5.28. The van der Waals surface area contributed by atoms with Crippen LogP contribution in [-0.2, 0) is 6.42 Å². The molecule has 0 radical (unpaired) electrons. The van der Waals surface area contributed by atoms with Crippen molar-refractivity contribution in [3.63, 3.8) is 0 Å². The van der Waals surface area contributed by atoms with Crippen LogP contribution in [0.4, 0.5) is 5.69 Å². The molecule has 0 saturated heterocycles. The average molecular weight is 309 g/mol. The van der Waals surface area contributed by atoms with Crippen LogP contribution < -0.4 is 5.32 Å². The fourth-order valence-corrected chi connectivity index (χ4v) is 2.25. The van der Waals surface area contributed by atoms with Gasteiger partial charge in [0.15, 0.2) is 0 Å². The third-order valence-electron chi connectivity index (χ3n) is 3.22. The van der Waals surface area contributed by atoms with Gasteiger partial charge in [0.1, 0.15) is 5.56 Å². The fraction of sp³-hybridized carbons (Fsp3) is 0.385. The molecule has 1 aromatic heterocycles. The summed E-state index contributed by atoms with van der Waals surface area (Å²) in [7, 11) is 0. The van der Waals surface area contributed by atoms with Gasteiger partial charge < -0.3 is 9.73 Å². The summed E-state index contributed by atoms with van der Waals surface area (Å²) in [5.74, 6) is 0.515. The van der Waals surface area contributed by atoms with Crippen LogP contribution in [0.1, 0.15) is 18.7 Å². The highest BCUT2D eigenvalue weighted by Crippen LogP contribution is 2.35. The fourth-order valence-electron chi connectivity index (χ4n) is 2.00. The summed E-state index contributed by atoms with van der Waals surface area (Å²) in [6, 6.07) is 5.04. The molecule has 0 bridgehead atoms. The standard InChI is InChI=1S/C13H13ClN4O3/c14-9-2-1-3-10(18(19)20)12(9)13-17-16-11(21-13)6-7-15-8-4-5-8/h1-3,8,15H,4-7H2. The molecule has 1 aromatic carbocycles.